The molecule has 0 amide bonds. The van der Waals surface area contributed by atoms with Crippen molar-refractivity contribution in [2.45, 2.75) is 26.2 Å². The lowest BCUT2D eigenvalue weighted by Crippen LogP contribution is -2.17. The molecule has 8 aromatic carbocycles. The first kappa shape index (κ1) is 30.8. The van der Waals surface area contributed by atoms with Gasteiger partial charge in [0.2, 0.25) is 0 Å². The maximum absolute atomic E-state index is 2.47. The Morgan fingerprint density at radius 2 is 0.980 bits per heavy atom. The van der Waals surface area contributed by atoms with Crippen LogP contribution in [0.2, 0.25) is 0 Å². The van der Waals surface area contributed by atoms with E-state index in [1.807, 2.05) is 0 Å². The second kappa shape index (κ2) is 12.3. The molecule has 0 atom stereocenters. The Morgan fingerprint density at radius 3 is 1.71 bits per heavy atom. The van der Waals surface area contributed by atoms with Crippen LogP contribution < -0.4 is 4.90 Å². The predicted molar refractivity (Wildman–Crippen MR) is 217 cm³/mol. The quantitative estimate of drug-likeness (QED) is 0.173. The number of benzene rings is 8. The summed E-state index contributed by atoms with van der Waals surface area (Å²) in [7, 11) is 0. The third-order valence-electron chi connectivity index (χ3n) is 10.8. The van der Waals surface area contributed by atoms with Gasteiger partial charge in [-0.3, -0.25) is 0 Å². The number of nitrogens with zero attached hydrogens (tertiary/aromatic N) is 1. The average Bonchev–Trinajstić information content (AvgIpc) is 3.41. The van der Waals surface area contributed by atoms with Crippen LogP contribution in [-0.4, -0.2) is 0 Å². The van der Waals surface area contributed by atoms with Crippen LogP contribution in [0.25, 0.3) is 55.3 Å². The van der Waals surface area contributed by atoms with Gasteiger partial charge in [-0.2, -0.15) is 0 Å². The molecule has 1 heteroatoms. The summed E-state index contributed by atoms with van der Waals surface area (Å²) < 4.78 is 0. The highest BCUT2D eigenvalue weighted by molar-refractivity contribution is 6.00. The summed E-state index contributed by atoms with van der Waals surface area (Å²) in [5.41, 5.74) is 17.3. The van der Waals surface area contributed by atoms with Gasteiger partial charge in [0.1, 0.15) is 0 Å². The lowest BCUT2D eigenvalue weighted by Gasteiger charge is -2.30. The van der Waals surface area contributed by atoms with Crippen molar-refractivity contribution in [2.75, 3.05) is 4.90 Å². The first-order valence-corrected chi connectivity index (χ1v) is 17.9. The molecule has 0 heterocycles. The number of anilines is 3. The van der Waals surface area contributed by atoms with E-state index >= 15 is 0 Å². The second-order valence-electron chi connectivity index (χ2n) is 14.2. The smallest absolute Gasteiger partial charge is 0.0546 e. The minimum Gasteiger partial charge on any atom is -0.310 e. The standard InChI is InChI=1S/C50H39N/c1-34-15-10-13-22-42(34)45-31-38-20-11-12-21-39(38)32-48(45)51(40-27-25-36(26-28-40)35-16-6-4-7-17-35)41-29-30-44-47(33-41)50(2,3)46-24-14-23-43(49(44)46)37-18-8-5-9-19-37/h4-33H,1-3H3. The second-order valence-corrected chi connectivity index (χ2v) is 14.2. The van der Waals surface area contributed by atoms with E-state index in [0.29, 0.717) is 0 Å². The molecule has 51 heavy (non-hydrogen) atoms. The van der Waals surface area contributed by atoms with Crippen molar-refractivity contribution >= 4 is 27.8 Å². The molecule has 1 aliphatic rings. The Labute approximate surface area is 301 Å². The molecule has 1 nitrogen and oxygen atoms in total. The highest BCUT2D eigenvalue weighted by Gasteiger charge is 2.37. The fraction of sp³-hybridized carbons (Fsp3) is 0.0800. The van der Waals surface area contributed by atoms with Crippen LogP contribution in [0.3, 0.4) is 0 Å². The van der Waals surface area contributed by atoms with Gasteiger partial charge in [0.05, 0.1) is 5.69 Å². The predicted octanol–water partition coefficient (Wildman–Crippen LogP) is 13.9. The summed E-state index contributed by atoms with van der Waals surface area (Å²) in [4.78, 5) is 2.47. The maximum atomic E-state index is 2.47. The Morgan fingerprint density at radius 1 is 0.392 bits per heavy atom. The average molecular weight is 654 g/mol. The molecule has 0 aliphatic heterocycles. The molecule has 0 spiro atoms. The van der Waals surface area contributed by atoms with Crippen molar-refractivity contribution in [1.82, 2.24) is 0 Å². The first-order valence-electron chi connectivity index (χ1n) is 17.9. The van der Waals surface area contributed by atoms with Gasteiger partial charge in [0.15, 0.2) is 0 Å². The topological polar surface area (TPSA) is 3.24 Å². The van der Waals surface area contributed by atoms with E-state index in [4.69, 9.17) is 0 Å². The van der Waals surface area contributed by atoms with Crippen molar-refractivity contribution in [1.29, 1.82) is 0 Å². The SMILES string of the molecule is Cc1ccccc1-c1cc2ccccc2cc1N(c1ccc(-c2ccccc2)cc1)c1ccc2c(c1)C(C)(C)c1cccc(-c3ccccc3)c1-2. The van der Waals surface area contributed by atoms with Crippen LogP contribution >= 0.6 is 0 Å². The molecule has 0 unspecified atom stereocenters. The van der Waals surface area contributed by atoms with Crippen LogP contribution in [0.4, 0.5) is 17.1 Å². The molecule has 0 aromatic heterocycles. The third kappa shape index (κ3) is 5.25. The Hall–Kier alpha value is -6.18. The van der Waals surface area contributed by atoms with E-state index in [-0.39, 0.29) is 5.41 Å². The summed E-state index contributed by atoms with van der Waals surface area (Å²) in [5, 5.41) is 2.45. The van der Waals surface area contributed by atoms with E-state index in [9.17, 15) is 0 Å². The van der Waals surface area contributed by atoms with Crippen LogP contribution in [0.1, 0.15) is 30.5 Å². The summed E-state index contributed by atoms with van der Waals surface area (Å²) >= 11 is 0. The first-order chi connectivity index (χ1) is 25.0. The zero-order valence-corrected chi connectivity index (χ0v) is 29.3. The molecule has 244 valence electrons. The highest BCUT2D eigenvalue weighted by Crippen LogP contribution is 2.54. The molecular formula is C50H39N. The van der Waals surface area contributed by atoms with Crippen molar-refractivity contribution < 1.29 is 0 Å². The Bertz CT molecular complexity index is 2540. The number of rotatable bonds is 6. The molecule has 0 saturated heterocycles. The van der Waals surface area contributed by atoms with Gasteiger partial charge in [0, 0.05) is 22.4 Å². The third-order valence-corrected chi connectivity index (χ3v) is 10.8. The number of hydrogen-bond donors (Lipinski definition) is 0. The van der Waals surface area contributed by atoms with Crippen molar-refractivity contribution in [3.63, 3.8) is 0 Å². The van der Waals surface area contributed by atoms with Crippen molar-refractivity contribution in [3.8, 4) is 44.5 Å². The fourth-order valence-electron chi connectivity index (χ4n) is 8.14. The molecule has 1 aliphatic carbocycles. The minimum atomic E-state index is -0.170. The van der Waals surface area contributed by atoms with Gasteiger partial charge < -0.3 is 4.90 Å². The maximum Gasteiger partial charge on any atom is 0.0546 e. The zero-order chi connectivity index (χ0) is 34.5. The summed E-state index contributed by atoms with van der Waals surface area (Å²) in [5.74, 6) is 0. The van der Waals surface area contributed by atoms with Gasteiger partial charge in [-0.15, -0.1) is 0 Å². The molecule has 0 saturated carbocycles. The van der Waals surface area contributed by atoms with Gasteiger partial charge >= 0.3 is 0 Å². The number of hydrogen-bond acceptors (Lipinski definition) is 1. The summed E-state index contributed by atoms with van der Waals surface area (Å²) in [6, 6.07) is 66.7. The normalized spacial score (nSPS) is 12.8. The fourth-order valence-corrected chi connectivity index (χ4v) is 8.14. The van der Waals surface area contributed by atoms with Crippen molar-refractivity contribution in [3.05, 3.63) is 199 Å². The molecule has 0 N–H and O–H groups in total. The molecular weight excluding hydrogens is 615 g/mol. The minimum absolute atomic E-state index is 0.170. The Kier molecular flexibility index (Phi) is 7.44. The highest BCUT2D eigenvalue weighted by atomic mass is 15.1. The van der Waals surface area contributed by atoms with Crippen LogP contribution in [0, 0.1) is 6.92 Å². The van der Waals surface area contributed by atoms with E-state index < -0.39 is 0 Å². The zero-order valence-electron chi connectivity index (χ0n) is 29.3. The van der Waals surface area contributed by atoms with Gasteiger partial charge in [-0.05, 0) is 110 Å². The van der Waals surface area contributed by atoms with Gasteiger partial charge in [-0.25, -0.2) is 0 Å². The lowest BCUT2D eigenvalue weighted by molar-refractivity contribution is 0.660. The van der Waals surface area contributed by atoms with Crippen molar-refractivity contribution in [2.24, 2.45) is 0 Å². The van der Waals surface area contributed by atoms with E-state index in [1.165, 1.54) is 72.0 Å². The molecule has 0 radical (unpaired) electrons. The van der Waals surface area contributed by atoms with Crippen LogP contribution in [0.15, 0.2) is 182 Å². The van der Waals surface area contributed by atoms with E-state index in [2.05, 4.69) is 208 Å². The largest absolute Gasteiger partial charge is 0.310 e. The molecule has 9 rings (SSSR count). The molecule has 0 bridgehead atoms. The lowest BCUT2D eigenvalue weighted by atomic mass is 9.81. The molecule has 8 aromatic rings. The van der Waals surface area contributed by atoms with Crippen LogP contribution in [-0.2, 0) is 5.41 Å². The molecule has 0 fully saturated rings. The monoisotopic (exact) mass is 653 g/mol. The Balaban J connectivity index is 1.28. The summed E-state index contributed by atoms with van der Waals surface area (Å²) in [6.07, 6.45) is 0. The number of fused-ring (bicyclic) bond motifs is 4. The summed E-state index contributed by atoms with van der Waals surface area (Å²) in [6.45, 7) is 6.97. The van der Waals surface area contributed by atoms with E-state index in [1.54, 1.807) is 0 Å². The van der Waals surface area contributed by atoms with Crippen LogP contribution in [0.5, 0.6) is 0 Å². The number of aryl methyl sites for hydroxylation is 1. The van der Waals surface area contributed by atoms with Gasteiger partial charge in [-0.1, -0.05) is 159 Å². The van der Waals surface area contributed by atoms with Gasteiger partial charge in [0.25, 0.3) is 0 Å². The van der Waals surface area contributed by atoms with E-state index in [0.717, 1.165) is 17.1 Å².